The van der Waals surface area contributed by atoms with E-state index < -0.39 is 6.04 Å². The Morgan fingerprint density at radius 3 is 2.06 bits per heavy atom. The molecule has 0 bridgehead atoms. The Balaban J connectivity index is 1.69. The van der Waals surface area contributed by atoms with Crippen molar-refractivity contribution in [2.75, 3.05) is 0 Å². The van der Waals surface area contributed by atoms with E-state index in [1.54, 1.807) is 4.57 Å². The highest BCUT2D eigenvalue weighted by Gasteiger charge is 2.27. The first-order valence-electron chi connectivity index (χ1n) is 11.2. The first-order chi connectivity index (χ1) is 16.7. The minimum atomic E-state index is -0.854. The SMILES string of the molecule is O=C(NCc1ccccc1)C(c1ccccc1)n1c(=O)c(-c2ccccc2)nc2ccccc21. The van der Waals surface area contributed by atoms with Gasteiger partial charge in [-0.05, 0) is 23.3 Å². The van der Waals surface area contributed by atoms with E-state index in [-0.39, 0.29) is 11.5 Å². The highest BCUT2D eigenvalue weighted by atomic mass is 16.2. The van der Waals surface area contributed by atoms with Gasteiger partial charge >= 0.3 is 0 Å². The van der Waals surface area contributed by atoms with Gasteiger partial charge in [0.05, 0.1) is 11.0 Å². The van der Waals surface area contributed by atoms with E-state index in [9.17, 15) is 9.59 Å². The molecule has 4 aromatic carbocycles. The molecule has 1 amide bonds. The largest absolute Gasteiger partial charge is 0.350 e. The lowest BCUT2D eigenvalue weighted by Gasteiger charge is -2.23. The molecule has 1 aromatic heterocycles. The van der Waals surface area contributed by atoms with Gasteiger partial charge in [-0.25, -0.2) is 4.98 Å². The third kappa shape index (κ3) is 4.24. The van der Waals surface area contributed by atoms with Crippen molar-refractivity contribution in [3.8, 4) is 11.3 Å². The van der Waals surface area contributed by atoms with Gasteiger partial charge in [0.1, 0.15) is 11.7 Å². The number of hydrogen-bond acceptors (Lipinski definition) is 3. The molecule has 1 atom stereocenters. The van der Waals surface area contributed by atoms with Crippen LogP contribution in [0.25, 0.3) is 22.3 Å². The molecule has 166 valence electrons. The van der Waals surface area contributed by atoms with Crippen LogP contribution < -0.4 is 10.9 Å². The second-order valence-electron chi connectivity index (χ2n) is 8.01. The third-order valence-electron chi connectivity index (χ3n) is 5.77. The van der Waals surface area contributed by atoms with Crippen molar-refractivity contribution < 1.29 is 4.79 Å². The minimum absolute atomic E-state index is 0.257. The number of carbonyl (C=O) groups is 1. The zero-order valence-corrected chi connectivity index (χ0v) is 18.5. The Kier molecular flexibility index (Phi) is 5.99. The van der Waals surface area contributed by atoms with E-state index >= 15 is 0 Å². The van der Waals surface area contributed by atoms with Gasteiger partial charge in [-0.1, -0.05) is 103 Å². The molecule has 0 fully saturated rings. The molecular formula is C29H23N3O2. The fourth-order valence-corrected chi connectivity index (χ4v) is 4.13. The van der Waals surface area contributed by atoms with Gasteiger partial charge in [0, 0.05) is 12.1 Å². The number of fused-ring (bicyclic) bond motifs is 1. The molecular weight excluding hydrogens is 422 g/mol. The van der Waals surface area contributed by atoms with E-state index in [1.165, 1.54) is 0 Å². The predicted molar refractivity (Wildman–Crippen MR) is 134 cm³/mol. The number of hydrogen-bond donors (Lipinski definition) is 1. The summed E-state index contributed by atoms with van der Waals surface area (Å²) in [5.41, 5.74) is 3.69. The van der Waals surface area contributed by atoms with Crippen LogP contribution in [0.2, 0.25) is 0 Å². The summed E-state index contributed by atoms with van der Waals surface area (Å²) in [7, 11) is 0. The monoisotopic (exact) mass is 445 g/mol. The van der Waals surface area contributed by atoms with Gasteiger partial charge in [-0.3, -0.25) is 14.2 Å². The Morgan fingerprint density at radius 1 is 0.765 bits per heavy atom. The second kappa shape index (κ2) is 9.55. The number of nitrogens with one attached hydrogen (secondary N) is 1. The fraction of sp³-hybridized carbons (Fsp3) is 0.0690. The molecule has 0 aliphatic heterocycles. The van der Waals surface area contributed by atoms with E-state index in [0.717, 1.165) is 11.1 Å². The van der Waals surface area contributed by atoms with Gasteiger partial charge in [-0.15, -0.1) is 0 Å². The van der Waals surface area contributed by atoms with Gasteiger partial charge in [0.15, 0.2) is 0 Å². The highest BCUT2D eigenvalue weighted by Crippen LogP contribution is 2.24. The summed E-state index contributed by atoms with van der Waals surface area (Å²) in [6.45, 7) is 0.367. The molecule has 0 aliphatic carbocycles. The Morgan fingerprint density at radius 2 is 1.35 bits per heavy atom. The van der Waals surface area contributed by atoms with Crippen LogP contribution in [0, 0.1) is 0 Å². The van der Waals surface area contributed by atoms with Crippen LogP contribution in [0.15, 0.2) is 120 Å². The molecule has 0 saturated carbocycles. The quantitative estimate of drug-likeness (QED) is 0.401. The first kappa shape index (κ1) is 21.3. The Hall–Kier alpha value is -4.51. The standard InChI is InChI=1S/C29H23N3O2/c33-28(30-20-21-12-4-1-5-13-21)27(23-16-8-3-9-17-23)32-25-19-11-10-18-24(25)31-26(29(32)34)22-14-6-2-7-15-22/h1-19,27H,20H2,(H,30,33). The normalized spacial score (nSPS) is 11.8. The topological polar surface area (TPSA) is 64.0 Å². The lowest BCUT2D eigenvalue weighted by molar-refractivity contribution is -0.123. The zero-order chi connectivity index (χ0) is 23.3. The maximum atomic E-state index is 13.9. The maximum Gasteiger partial charge on any atom is 0.278 e. The number of aromatic nitrogens is 2. The zero-order valence-electron chi connectivity index (χ0n) is 18.5. The number of nitrogens with zero attached hydrogens (tertiary/aromatic N) is 2. The van der Waals surface area contributed by atoms with Crippen molar-refractivity contribution in [1.82, 2.24) is 14.9 Å². The van der Waals surface area contributed by atoms with Crippen LogP contribution in [-0.4, -0.2) is 15.5 Å². The summed E-state index contributed by atoms with van der Waals surface area (Å²) >= 11 is 0. The van der Waals surface area contributed by atoms with Crippen molar-refractivity contribution >= 4 is 16.9 Å². The van der Waals surface area contributed by atoms with Crippen molar-refractivity contribution in [3.05, 3.63) is 137 Å². The number of para-hydroxylation sites is 2. The summed E-state index contributed by atoms with van der Waals surface area (Å²) in [4.78, 5) is 32.2. The van der Waals surface area contributed by atoms with Crippen LogP contribution >= 0.6 is 0 Å². The predicted octanol–water partition coefficient (Wildman–Crippen LogP) is 4.97. The third-order valence-corrected chi connectivity index (χ3v) is 5.77. The first-order valence-corrected chi connectivity index (χ1v) is 11.2. The summed E-state index contributed by atoms with van der Waals surface area (Å²) in [6, 6.07) is 35.0. The molecule has 5 nitrogen and oxygen atoms in total. The number of carbonyl (C=O) groups excluding carboxylic acids is 1. The molecule has 5 heteroatoms. The molecule has 5 aromatic rings. The van der Waals surface area contributed by atoms with E-state index in [0.29, 0.717) is 28.8 Å². The lowest BCUT2D eigenvalue weighted by atomic mass is 10.0. The summed E-state index contributed by atoms with van der Waals surface area (Å²) < 4.78 is 1.57. The van der Waals surface area contributed by atoms with Crippen LogP contribution in [0.3, 0.4) is 0 Å². The van der Waals surface area contributed by atoms with Crippen LogP contribution in [-0.2, 0) is 11.3 Å². The molecule has 0 saturated heterocycles. The van der Waals surface area contributed by atoms with Gasteiger partial charge < -0.3 is 5.32 Å². The smallest absolute Gasteiger partial charge is 0.278 e. The molecule has 0 aliphatic rings. The number of amides is 1. The van der Waals surface area contributed by atoms with Gasteiger partial charge in [0.2, 0.25) is 5.91 Å². The van der Waals surface area contributed by atoms with Crippen molar-refractivity contribution in [3.63, 3.8) is 0 Å². The Bertz CT molecular complexity index is 1480. The summed E-state index contributed by atoms with van der Waals surface area (Å²) in [5.74, 6) is -0.257. The molecule has 1 heterocycles. The van der Waals surface area contributed by atoms with Gasteiger partial charge in [0.25, 0.3) is 5.56 Å². The van der Waals surface area contributed by atoms with Crippen molar-refractivity contribution in [2.24, 2.45) is 0 Å². The number of benzene rings is 4. The molecule has 0 radical (unpaired) electrons. The average molecular weight is 446 g/mol. The maximum absolute atomic E-state index is 13.9. The minimum Gasteiger partial charge on any atom is -0.350 e. The molecule has 1 unspecified atom stereocenters. The van der Waals surface area contributed by atoms with E-state index in [2.05, 4.69) is 10.3 Å². The van der Waals surface area contributed by atoms with Crippen molar-refractivity contribution in [2.45, 2.75) is 12.6 Å². The fourth-order valence-electron chi connectivity index (χ4n) is 4.13. The van der Waals surface area contributed by atoms with Gasteiger partial charge in [-0.2, -0.15) is 0 Å². The van der Waals surface area contributed by atoms with Crippen molar-refractivity contribution in [1.29, 1.82) is 0 Å². The Labute approximate surface area is 197 Å². The molecule has 1 N–H and O–H groups in total. The highest BCUT2D eigenvalue weighted by molar-refractivity contribution is 5.87. The molecule has 34 heavy (non-hydrogen) atoms. The lowest BCUT2D eigenvalue weighted by Crippen LogP contribution is -2.38. The molecule has 5 rings (SSSR count). The summed E-state index contributed by atoms with van der Waals surface area (Å²) in [5, 5.41) is 3.03. The van der Waals surface area contributed by atoms with E-state index in [1.807, 2.05) is 115 Å². The average Bonchev–Trinajstić information content (AvgIpc) is 2.90. The van der Waals surface area contributed by atoms with Crippen LogP contribution in [0.5, 0.6) is 0 Å². The number of rotatable bonds is 6. The van der Waals surface area contributed by atoms with E-state index in [4.69, 9.17) is 0 Å². The second-order valence-corrected chi connectivity index (χ2v) is 8.01. The molecule has 0 spiro atoms. The summed E-state index contributed by atoms with van der Waals surface area (Å²) in [6.07, 6.45) is 0. The van der Waals surface area contributed by atoms with Crippen LogP contribution in [0.1, 0.15) is 17.2 Å². The van der Waals surface area contributed by atoms with Crippen LogP contribution in [0.4, 0.5) is 0 Å².